The number of benzene rings is 1. The van der Waals surface area contributed by atoms with Crippen molar-refractivity contribution >= 4 is 11.7 Å². The number of rotatable bonds is 6. The van der Waals surface area contributed by atoms with Gasteiger partial charge < -0.3 is 20.7 Å². The first kappa shape index (κ1) is 18.4. The molecule has 1 aromatic heterocycles. The molecule has 138 valence electrons. The van der Waals surface area contributed by atoms with E-state index in [0.717, 1.165) is 17.8 Å². The molecule has 1 aliphatic heterocycles. The highest BCUT2D eigenvalue weighted by molar-refractivity contribution is 5.94. The van der Waals surface area contributed by atoms with Crippen LogP contribution in [0.3, 0.4) is 0 Å². The summed E-state index contributed by atoms with van der Waals surface area (Å²) in [4.78, 5) is 18.6. The molecule has 0 bridgehead atoms. The number of hydrogen-bond acceptors (Lipinski definition) is 5. The first-order chi connectivity index (χ1) is 12.6. The van der Waals surface area contributed by atoms with Crippen molar-refractivity contribution in [3.63, 3.8) is 0 Å². The van der Waals surface area contributed by atoms with Crippen LogP contribution in [0, 0.1) is 6.92 Å². The van der Waals surface area contributed by atoms with Gasteiger partial charge in [0.2, 0.25) is 0 Å². The van der Waals surface area contributed by atoms with Gasteiger partial charge in [0.05, 0.1) is 11.7 Å². The van der Waals surface area contributed by atoms with Gasteiger partial charge in [0, 0.05) is 39.0 Å². The lowest BCUT2D eigenvalue weighted by atomic mass is 10.0. The number of hydrogen-bond donors (Lipinski definition) is 2. The molecular formula is C20H26N4O2. The van der Waals surface area contributed by atoms with Gasteiger partial charge in [0.15, 0.2) is 0 Å². The average Bonchev–Trinajstić information content (AvgIpc) is 3.10. The van der Waals surface area contributed by atoms with Gasteiger partial charge in [-0.2, -0.15) is 0 Å². The Labute approximate surface area is 154 Å². The predicted molar refractivity (Wildman–Crippen MR) is 102 cm³/mol. The number of carbonyl (C=O) groups is 1. The van der Waals surface area contributed by atoms with E-state index in [9.17, 15) is 4.79 Å². The molecule has 26 heavy (non-hydrogen) atoms. The van der Waals surface area contributed by atoms with Gasteiger partial charge in [-0.15, -0.1) is 0 Å². The fraction of sp³-hybridized carbons (Fsp3) is 0.400. The molecule has 0 saturated carbocycles. The summed E-state index contributed by atoms with van der Waals surface area (Å²) in [6.45, 7) is 4.00. The third-order valence-corrected chi connectivity index (χ3v) is 4.81. The third-order valence-electron chi connectivity index (χ3n) is 4.81. The van der Waals surface area contributed by atoms with Gasteiger partial charge in [-0.3, -0.25) is 4.79 Å². The SMILES string of the molecule is COC(CNc1ccc(C(=O)N2CCC(N)C2)cn1)c1ccccc1C. The van der Waals surface area contributed by atoms with Crippen LogP contribution in [-0.2, 0) is 4.74 Å². The molecule has 3 N–H and O–H groups in total. The topological polar surface area (TPSA) is 80.5 Å². The second-order valence-corrected chi connectivity index (χ2v) is 6.69. The molecule has 2 aromatic rings. The molecule has 3 rings (SSSR count). The molecule has 2 unspecified atom stereocenters. The largest absolute Gasteiger partial charge is 0.375 e. The van der Waals surface area contributed by atoms with Crippen LogP contribution >= 0.6 is 0 Å². The smallest absolute Gasteiger partial charge is 0.255 e. The van der Waals surface area contributed by atoms with Gasteiger partial charge >= 0.3 is 0 Å². The van der Waals surface area contributed by atoms with Crippen molar-refractivity contribution in [1.82, 2.24) is 9.88 Å². The lowest BCUT2D eigenvalue weighted by Crippen LogP contribution is -2.31. The summed E-state index contributed by atoms with van der Waals surface area (Å²) in [6.07, 6.45) is 2.41. The second-order valence-electron chi connectivity index (χ2n) is 6.69. The Bertz CT molecular complexity index is 748. The monoisotopic (exact) mass is 354 g/mol. The maximum Gasteiger partial charge on any atom is 0.255 e. The van der Waals surface area contributed by atoms with Crippen molar-refractivity contribution in [2.75, 3.05) is 32.1 Å². The fourth-order valence-corrected chi connectivity index (χ4v) is 3.24. The number of nitrogens with zero attached hydrogens (tertiary/aromatic N) is 2. The summed E-state index contributed by atoms with van der Waals surface area (Å²) in [5.74, 6) is 0.710. The molecule has 2 atom stereocenters. The number of nitrogens with one attached hydrogen (secondary N) is 1. The van der Waals surface area contributed by atoms with E-state index in [-0.39, 0.29) is 18.1 Å². The Morgan fingerprint density at radius 2 is 2.19 bits per heavy atom. The van der Waals surface area contributed by atoms with Crippen molar-refractivity contribution in [3.8, 4) is 0 Å². The normalized spacial score (nSPS) is 18.0. The number of ether oxygens (including phenoxy) is 1. The second kappa shape index (κ2) is 8.29. The molecule has 1 saturated heterocycles. The van der Waals surface area contributed by atoms with Crippen molar-refractivity contribution in [2.45, 2.75) is 25.5 Å². The van der Waals surface area contributed by atoms with Crippen LogP contribution in [0.25, 0.3) is 0 Å². The van der Waals surface area contributed by atoms with Gasteiger partial charge in [0.1, 0.15) is 5.82 Å². The minimum absolute atomic E-state index is 0.00771. The number of aryl methyl sites for hydroxylation is 1. The van der Waals surface area contributed by atoms with E-state index in [1.165, 1.54) is 5.56 Å². The Morgan fingerprint density at radius 1 is 1.38 bits per heavy atom. The van der Waals surface area contributed by atoms with Crippen molar-refractivity contribution in [2.24, 2.45) is 5.73 Å². The Kier molecular flexibility index (Phi) is 5.85. The Hall–Kier alpha value is -2.44. The zero-order chi connectivity index (χ0) is 18.5. The first-order valence-electron chi connectivity index (χ1n) is 8.91. The summed E-state index contributed by atoms with van der Waals surface area (Å²) in [6, 6.07) is 11.9. The van der Waals surface area contributed by atoms with E-state index in [2.05, 4.69) is 29.4 Å². The maximum absolute atomic E-state index is 12.4. The van der Waals surface area contributed by atoms with Crippen LogP contribution in [0.2, 0.25) is 0 Å². The van der Waals surface area contributed by atoms with Crippen LogP contribution in [0.1, 0.15) is 34.0 Å². The van der Waals surface area contributed by atoms with Crippen LogP contribution in [0.4, 0.5) is 5.82 Å². The van der Waals surface area contributed by atoms with E-state index < -0.39 is 0 Å². The number of pyridine rings is 1. The number of amides is 1. The highest BCUT2D eigenvalue weighted by Gasteiger charge is 2.24. The van der Waals surface area contributed by atoms with Crippen molar-refractivity contribution < 1.29 is 9.53 Å². The summed E-state index contributed by atoms with van der Waals surface area (Å²) >= 11 is 0. The van der Waals surface area contributed by atoms with Gasteiger partial charge in [-0.1, -0.05) is 24.3 Å². The number of anilines is 1. The quantitative estimate of drug-likeness (QED) is 0.832. The van der Waals surface area contributed by atoms with Gasteiger partial charge in [-0.05, 0) is 36.6 Å². The van der Waals surface area contributed by atoms with Gasteiger partial charge in [-0.25, -0.2) is 4.98 Å². The fourth-order valence-electron chi connectivity index (χ4n) is 3.24. The lowest BCUT2D eigenvalue weighted by molar-refractivity contribution is 0.0790. The summed E-state index contributed by atoms with van der Waals surface area (Å²) in [5.41, 5.74) is 8.81. The van der Waals surface area contributed by atoms with Crippen LogP contribution in [0.5, 0.6) is 0 Å². The summed E-state index contributed by atoms with van der Waals surface area (Å²) in [5, 5.41) is 3.28. The maximum atomic E-state index is 12.4. The summed E-state index contributed by atoms with van der Waals surface area (Å²) in [7, 11) is 1.70. The molecule has 2 heterocycles. The minimum atomic E-state index is -0.0644. The Balaban J connectivity index is 1.60. The zero-order valence-electron chi connectivity index (χ0n) is 15.3. The van der Waals surface area contributed by atoms with Crippen molar-refractivity contribution in [3.05, 3.63) is 59.3 Å². The molecule has 0 radical (unpaired) electrons. The molecule has 6 heteroatoms. The van der Waals surface area contributed by atoms with E-state index >= 15 is 0 Å². The molecular weight excluding hydrogens is 328 g/mol. The molecule has 1 fully saturated rings. The van der Waals surface area contributed by atoms with Crippen LogP contribution in [0.15, 0.2) is 42.6 Å². The number of likely N-dealkylation sites (tertiary alicyclic amines) is 1. The molecule has 1 amide bonds. The Morgan fingerprint density at radius 3 is 2.81 bits per heavy atom. The molecule has 0 spiro atoms. The zero-order valence-corrected chi connectivity index (χ0v) is 15.3. The standard InChI is InChI=1S/C20H26N4O2/c1-14-5-3-4-6-17(14)18(26-2)12-23-19-8-7-15(11-22-19)20(25)24-10-9-16(21)13-24/h3-8,11,16,18H,9-10,12-13,21H2,1-2H3,(H,22,23). The highest BCUT2D eigenvalue weighted by atomic mass is 16.5. The average molecular weight is 354 g/mol. The lowest BCUT2D eigenvalue weighted by Gasteiger charge is -2.19. The van der Waals surface area contributed by atoms with E-state index in [4.69, 9.17) is 10.5 Å². The van der Waals surface area contributed by atoms with Gasteiger partial charge in [0.25, 0.3) is 5.91 Å². The number of methoxy groups -OCH3 is 1. The predicted octanol–water partition coefficient (Wildman–Crippen LogP) is 2.36. The summed E-state index contributed by atoms with van der Waals surface area (Å²) < 4.78 is 5.62. The van der Waals surface area contributed by atoms with Crippen LogP contribution in [-0.4, -0.2) is 48.6 Å². The minimum Gasteiger partial charge on any atom is -0.375 e. The first-order valence-corrected chi connectivity index (χ1v) is 8.91. The number of carbonyl (C=O) groups excluding carboxylic acids is 1. The van der Waals surface area contributed by atoms with E-state index in [1.807, 2.05) is 18.2 Å². The van der Waals surface area contributed by atoms with Crippen molar-refractivity contribution in [1.29, 1.82) is 0 Å². The number of nitrogens with two attached hydrogens (primary N) is 1. The molecule has 1 aromatic carbocycles. The highest BCUT2D eigenvalue weighted by Crippen LogP contribution is 2.21. The molecule has 1 aliphatic rings. The number of aromatic nitrogens is 1. The third kappa shape index (κ3) is 4.20. The van der Waals surface area contributed by atoms with Crippen LogP contribution < -0.4 is 11.1 Å². The molecule has 0 aliphatic carbocycles. The van der Waals surface area contributed by atoms with E-state index in [1.54, 1.807) is 24.3 Å². The van der Waals surface area contributed by atoms with E-state index in [0.29, 0.717) is 25.2 Å². The molecule has 6 nitrogen and oxygen atoms in total.